The highest BCUT2D eigenvalue weighted by atomic mass is 16.6. The van der Waals surface area contributed by atoms with Crippen molar-refractivity contribution >= 4 is 17.9 Å². The van der Waals surface area contributed by atoms with Crippen LogP contribution in [0.2, 0.25) is 0 Å². The lowest BCUT2D eigenvalue weighted by Crippen LogP contribution is -2.30. The van der Waals surface area contributed by atoms with Crippen molar-refractivity contribution < 1.29 is 28.6 Å². The van der Waals surface area contributed by atoms with Gasteiger partial charge in [0.05, 0.1) is 0 Å². The number of carbonyl (C=O) groups excluding carboxylic acids is 3. The van der Waals surface area contributed by atoms with Crippen molar-refractivity contribution in [3.8, 4) is 0 Å². The summed E-state index contributed by atoms with van der Waals surface area (Å²) >= 11 is 0. The van der Waals surface area contributed by atoms with Gasteiger partial charge in [-0.1, -0.05) is 290 Å². The molecule has 0 N–H and O–H groups in total. The molecular weight excluding hydrogens is 1010 g/mol. The monoisotopic (exact) mass is 1140 g/mol. The lowest BCUT2D eigenvalue weighted by Gasteiger charge is -2.18. The van der Waals surface area contributed by atoms with E-state index in [2.05, 4.69) is 142 Å². The van der Waals surface area contributed by atoms with Gasteiger partial charge in [0.1, 0.15) is 13.2 Å². The Hall–Kier alpha value is -4.19. The third-order valence-corrected chi connectivity index (χ3v) is 14.7. The zero-order chi connectivity index (χ0) is 59.2. The third-order valence-electron chi connectivity index (χ3n) is 14.7. The summed E-state index contributed by atoms with van der Waals surface area (Å²) in [6.45, 7) is 6.50. The summed E-state index contributed by atoms with van der Waals surface area (Å²) in [5.41, 5.74) is 0. The molecule has 0 saturated carbocycles. The normalized spacial score (nSPS) is 12.9. The van der Waals surface area contributed by atoms with Crippen LogP contribution in [0.3, 0.4) is 0 Å². The van der Waals surface area contributed by atoms with Gasteiger partial charge in [0.15, 0.2) is 6.10 Å². The molecule has 6 heteroatoms. The van der Waals surface area contributed by atoms with E-state index in [4.69, 9.17) is 14.2 Å². The molecule has 1 unspecified atom stereocenters. The molecule has 82 heavy (non-hydrogen) atoms. The summed E-state index contributed by atoms with van der Waals surface area (Å²) in [5.74, 6) is -0.896. The van der Waals surface area contributed by atoms with E-state index in [0.717, 1.165) is 122 Å². The second-order valence-electron chi connectivity index (χ2n) is 22.7. The predicted molar refractivity (Wildman–Crippen MR) is 357 cm³/mol. The van der Waals surface area contributed by atoms with E-state index in [1.165, 1.54) is 161 Å². The van der Waals surface area contributed by atoms with E-state index in [1.807, 2.05) is 0 Å². The fourth-order valence-corrected chi connectivity index (χ4v) is 9.51. The molecule has 0 aliphatic carbocycles. The summed E-state index contributed by atoms with van der Waals surface area (Å²) in [5, 5.41) is 0. The van der Waals surface area contributed by atoms with Crippen LogP contribution in [0.15, 0.2) is 122 Å². The van der Waals surface area contributed by atoms with Crippen LogP contribution < -0.4 is 0 Å². The molecule has 0 amide bonds. The molecule has 0 aromatic carbocycles. The van der Waals surface area contributed by atoms with Gasteiger partial charge in [0.2, 0.25) is 0 Å². The van der Waals surface area contributed by atoms with Crippen LogP contribution in [0.5, 0.6) is 0 Å². The van der Waals surface area contributed by atoms with Crippen LogP contribution in [0, 0.1) is 0 Å². The van der Waals surface area contributed by atoms with Crippen LogP contribution in [0.4, 0.5) is 0 Å². The van der Waals surface area contributed by atoms with Gasteiger partial charge in [0, 0.05) is 19.3 Å². The first-order valence-corrected chi connectivity index (χ1v) is 34.5. The molecule has 0 radical (unpaired) electrons. The molecule has 0 saturated heterocycles. The first kappa shape index (κ1) is 77.8. The quantitative estimate of drug-likeness (QED) is 0.0261. The Morgan fingerprint density at radius 2 is 0.476 bits per heavy atom. The van der Waals surface area contributed by atoms with Crippen LogP contribution in [-0.4, -0.2) is 37.2 Å². The van der Waals surface area contributed by atoms with E-state index in [-0.39, 0.29) is 31.1 Å². The zero-order valence-corrected chi connectivity index (χ0v) is 53.7. The lowest BCUT2D eigenvalue weighted by molar-refractivity contribution is -0.167. The molecule has 0 fully saturated rings. The topological polar surface area (TPSA) is 78.9 Å². The van der Waals surface area contributed by atoms with E-state index in [9.17, 15) is 14.4 Å². The standard InChI is InChI=1S/C76H128O6/c1-4-7-10-13-16-19-22-25-27-29-31-32-33-34-35-36-37-38-39-40-41-42-43-44-45-47-48-51-54-57-60-63-66-69-75(78)81-72-73(71-80-74(77)68-65-62-59-56-53-50-24-21-18-15-12-9-6-3)82-76(79)70-67-64-61-58-55-52-49-46-30-28-26-23-20-17-14-11-8-5-2/h7,10,16,19-21,23-25,27-28,30-32,34-35,37-38,40-41,73H,4-6,8-9,11-15,17-18,22,26,29,33,36,39,42-72H2,1-3H3/b10-7-,19-16-,23-20-,24-21-,27-25-,30-28-,32-31-,35-34-,38-37-,41-40-. The molecule has 0 bridgehead atoms. The minimum absolute atomic E-state index is 0.0855. The van der Waals surface area contributed by atoms with E-state index < -0.39 is 6.10 Å². The smallest absolute Gasteiger partial charge is 0.306 e. The average molecular weight is 1140 g/mol. The van der Waals surface area contributed by atoms with Crippen molar-refractivity contribution in [2.75, 3.05) is 13.2 Å². The summed E-state index contributed by atoms with van der Waals surface area (Å²) < 4.78 is 16.9. The molecule has 0 aromatic rings. The Morgan fingerprint density at radius 1 is 0.256 bits per heavy atom. The molecule has 0 aliphatic rings. The highest BCUT2D eigenvalue weighted by Gasteiger charge is 2.19. The highest BCUT2D eigenvalue weighted by Crippen LogP contribution is 2.16. The Morgan fingerprint density at radius 3 is 0.756 bits per heavy atom. The minimum Gasteiger partial charge on any atom is -0.462 e. The fourth-order valence-electron chi connectivity index (χ4n) is 9.51. The molecule has 0 aliphatic heterocycles. The number of hydrogen-bond acceptors (Lipinski definition) is 6. The van der Waals surface area contributed by atoms with Crippen LogP contribution in [-0.2, 0) is 28.6 Å². The molecule has 1 atom stereocenters. The highest BCUT2D eigenvalue weighted by molar-refractivity contribution is 5.71. The summed E-state index contributed by atoms with van der Waals surface area (Å²) in [6, 6.07) is 0. The van der Waals surface area contributed by atoms with Gasteiger partial charge >= 0.3 is 17.9 Å². The first-order chi connectivity index (χ1) is 40.5. The third kappa shape index (κ3) is 66.6. The van der Waals surface area contributed by atoms with Gasteiger partial charge in [-0.3, -0.25) is 14.4 Å². The van der Waals surface area contributed by atoms with Crippen molar-refractivity contribution in [3.63, 3.8) is 0 Å². The lowest BCUT2D eigenvalue weighted by atomic mass is 10.0. The summed E-state index contributed by atoms with van der Waals surface area (Å²) in [4.78, 5) is 38.4. The minimum atomic E-state index is -0.790. The summed E-state index contributed by atoms with van der Waals surface area (Å²) in [7, 11) is 0. The molecular formula is C76H128O6. The number of unbranched alkanes of at least 4 members (excludes halogenated alkanes) is 31. The number of rotatable bonds is 62. The molecule has 0 aromatic heterocycles. The van der Waals surface area contributed by atoms with Crippen LogP contribution in [0.1, 0.15) is 323 Å². The number of esters is 3. The van der Waals surface area contributed by atoms with Gasteiger partial charge in [-0.2, -0.15) is 0 Å². The van der Waals surface area contributed by atoms with Crippen molar-refractivity contribution in [2.24, 2.45) is 0 Å². The maximum atomic E-state index is 12.9. The van der Waals surface area contributed by atoms with Gasteiger partial charge < -0.3 is 14.2 Å². The Kier molecular flexibility index (Phi) is 65.8. The number of ether oxygens (including phenoxy) is 3. The predicted octanol–water partition coefficient (Wildman–Crippen LogP) is 23.9. The SMILES string of the molecule is CC/C=C\C/C=C\C/C=C\C/C=C\C/C=C\C/C=C\C/C=C\CCCCCCCCCCCCCC(=O)OCC(COC(=O)CCCCCCC/C=C\CCCCCC)OC(=O)CCCCCCCCC/C=C\C/C=C\CCCCCC. The van der Waals surface area contributed by atoms with Crippen molar-refractivity contribution in [3.05, 3.63) is 122 Å². The second-order valence-corrected chi connectivity index (χ2v) is 22.7. The number of carbonyl (C=O) groups is 3. The van der Waals surface area contributed by atoms with Crippen molar-refractivity contribution in [2.45, 2.75) is 329 Å². The summed E-state index contributed by atoms with van der Waals surface area (Å²) in [6.07, 6.45) is 96.4. The maximum Gasteiger partial charge on any atom is 0.306 e. The molecule has 0 spiro atoms. The number of allylic oxidation sites excluding steroid dienone is 20. The molecule has 468 valence electrons. The Labute approximate surface area is 507 Å². The van der Waals surface area contributed by atoms with Crippen LogP contribution >= 0.6 is 0 Å². The first-order valence-electron chi connectivity index (χ1n) is 34.5. The Bertz CT molecular complexity index is 1690. The fraction of sp³-hybridized carbons (Fsp3) is 0.697. The molecule has 0 rings (SSSR count). The molecule has 0 heterocycles. The maximum absolute atomic E-state index is 12.9. The van der Waals surface area contributed by atoms with Crippen LogP contribution in [0.25, 0.3) is 0 Å². The second kappa shape index (κ2) is 69.3. The molecule has 6 nitrogen and oxygen atoms in total. The van der Waals surface area contributed by atoms with Gasteiger partial charge in [-0.25, -0.2) is 0 Å². The van der Waals surface area contributed by atoms with E-state index in [0.29, 0.717) is 19.3 Å². The largest absolute Gasteiger partial charge is 0.462 e. The zero-order valence-electron chi connectivity index (χ0n) is 53.7. The van der Waals surface area contributed by atoms with Crippen molar-refractivity contribution in [1.29, 1.82) is 0 Å². The number of hydrogen-bond donors (Lipinski definition) is 0. The van der Waals surface area contributed by atoms with E-state index in [1.54, 1.807) is 0 Å². The van der Waals surface area contributed by atoms with E-state index >= 15 is 0 Å². The Balaban J connectivity index is 4.26. The van der Waals surface area contributed by atoms with Crippen molar-refractivity contribution in [1.82, 2.24) is 0 Å². The van der Waals surface area contributed by atoms with Gasteiger partial charge in [-0.15, -0.1) is 0 Å². The average Bonchev–Trinajstić information content (AvgIpc) is 3.47. The van der Waals surface area contributed by atoms with Gasteiger partial charge in [0.25, 0.3) is 0 Å². The van der Waals surface area contributed by atoms with Gasteiger partial charge in [-0.05, 0) is 135 Å².